The Labute approximate surface area is 163 Å². The summed E-state index contributed by atoms with van der Waals surface area (Å²) in [5.41, 5.74) is 2.33. The van der Waals surface area contributed by atoms with Crippen molar-refractivity contribution in [3.63, 3.8) is 0 Å². The number of carbonyl (C=O) groups excluding carboxylic acids is 1. The second-order valence-corrected chi connectivity index (χ2v) is 8.63. The molecular weight excluding hydrogens is 338 g/mol. The molecule has 0 unspecified atom stereocenters. The van der Waals surface area contributed by atoms with Gasteiger partial charge in [-0.1, -0.05) is 25.7 Å². The van der Waals surface area contributed by atoms with Crippen LogP contribution in [0.15, 0.2) is 10.9 Å². The predicted octanol–water partition coefficient (Wildman–Crippen LogP) is 3.08. The molecule has 1 saturated carbocycles. The number of aryl methyl sites for hydroxylation is 1. The van der Waals surface area contributed by atoms with Gasteiger partial charge in [0, 0.05) is 43.6 Å². The number of likely N-dealkylation sites (N-methyl/N-ethyl adjacent to an activating group) is 1. The first kappa shape index (κ1) is 20.1. The standard InChI is InChI=1S/C22H35N3O2/c1-17-15-20(26)21(22(27)24-11-7-4-8-12-24)19(16-18-9-5-6-10-18)25(17)14-13-23(2)3/h15,18H,4-14,16H2,1-3H3. The first-order valence-corrected chi connectivity index (χ1v) is 10.6. The van der Waals surface area contributed by atoms with Gasteiger partial charge in [0.25, 0.3) is 5.91 Å². The van der Waals surface area contributed by atoms with Crippen LogP contribution in [-0.2, 0) is 13.0 Å². The Morgan fingerprint density at radius 2 is 1.78 bits per heavy atom. The summed E-state index contributed by atoms with van der Waals surface area (Å²) < 4.78 is 2.25. The lowest BCUT2D eigenvalue weighted by Crippen LogP contribution is -2.40. The summed E-state index contributed by atoms with van der Waals surface area (Å²) in [5, 5.41) is 0. The average Bonchev–Trinajstić information content (AvgIpc) is 3.14. The Morgan fingerprint density at radius 3 is 2.41 bits per heavy atom. The highest BCUT2D eigenvalue weighted by molar-refractivity contribution is 5.95. The van der Waals surface area contributed by atoms with Gasteiger partial charge in [-0.15, -0.1) is 0 Å². The molecular formula is C22H35N3O2. The number of nitrogens with zero attached hydrogens (tertiary/aromatic N) is 3. The van der Waals surface area contributed by atoms with E-state index in [1.165, 1.54) is 32.1 Å². The maximum Gasteiger partial charge on any atom is 0.259 e. The molecule has 5 nitrogen and oxygen atoms in total. The fourth-order valence-electron chi connectivity index (χ4n) is 4.63. The molecule has 0 spiro atoms. The van der Waals surface area contributed by atoms with E-state index in [0.717, 1.165) is 56.8 Å². The SMILES string of the molecule is Cc1cc(=O)c(C(=O)N2CCCCC2)c(CC2CCCC2)n1CCN(C)C. The van der Waals surface area contributed by atoms with E-state index in [1.54, 1.807) is 6.07 Å². The second kappa shape index (κ2) is 9.05. The second-order valence-electron chi connectivity index (χ2n) is 8.63. The average molecular weight is 374 g/mol. The van der Waals surface area contributed by atoms with Crippen molar-refractivity contribution in [1.29, 1.82) is 0 Å². The van der Waals surface area contributed by atoms with Gasteiger partial charge in [-0.05, 0) is 52.6 Å². The van der Waals surface area contributed by atoms with Crippen LogP contribution in [0.25, 0.3) is 0 Å². The van der Waals surface area contributed by atoms with Crippen LogP contribution in [0.5, 0.6) is 0 Å². The zero-order valence-electron chi connectivity index (χ0n) is 17.3. The third kappa shape index (κ3) is 4.81. The maximum absolute atomic E-state index is 13.3. The Balaban J connectivity index is 2.01. The van der Waals surface area contributed by atoms with Crippen LogP contribution in [0.2, 0.25) is 0 Å². The highest BCUT2D eigenvalue weighted by Crippen LogP contribution is 2.29. The molecule has 0 N–H and O–H groups in total. The van der Waals surface area contributed by atoms with E-state index in [-0.39, 0.29) is 11.3 Å². The van der Waals surface area contributed by atoms with Crippen molar-refractivity contribution >= 4 is 5.91 Å². The Hall–Kier alpha value is -1.62. The highest BCUT2D eigenvalue weighted by atomic mass is 16.2. The topological polar surface area (TPSA) is 45.6 Å². The molecule has 0 atom stereocenters. The fourth-order valence-corrected chi connectivity index (χ4v) is 4.63. The number of hydrogen-bond acceptors (Lipinski definition) is 3. The van der Waals surface area contributed by atoms with E-state index in [2.05, 4.69) is 23.6 Å². The van der Waals surface area contributed by atoms with Crippen LogP contribution in [0.3, 0.4) is 0 Å². The van der Waals surface area contributed by atoms with Crippen molar-refractivity contribution < 1.29 is 4.79 Å². The van der Waals surface area contributed by atoms with Crippen molar-refractivity contribution in [3.05, 3.63) is 33.2 Å². The van der Waals surface area contributed by atoms with Gasteiger partial charge < -0.3 is 14.4 Å². The number of likely N-dealkylation sites (tertiary alicyclic amines) is 1. The molecule has 2 fully saturated rings. The van der Waals surface area contributed by atoms with E-state index >= 15 is 0 Å². The van der Waals surface area contributed by atoms with Crippen LogP contribution in [0.4, 0.5) is 0 Å². The normalized spacial score (nSPS) is 18.4. The number of hydrogen-bond donors (Lipinski definition) is 0. The van der Waals surface area contributed by atoms with Gasteiger partial charge in [-0.2, -0.15) is 0 Å². The van der Waals surface area contributed by atoms with Gasteiger partial charge in [-0.3, -0.25) is 9.59 Å². The summed E-state index contributed by atoms with van der Waals surface area (Å²) in [6.45, 7) is 5.30. The van der Waals surface area contributed by atoms with Gasteiger partial charge in [0.2, 0.25) is 0 Å². The summed E-state index contributed by atoms with van der Waals surface area (Å²) in [6.07, 6.45) is 9.11. The van der Waals surface area contributed by atoms with Crippen molar-refractivity contribution in [1.82, 2.24) is 14.4 Å². The molecule has 2 aliphatic rings. The van der Waals surface area contributed by atoms with E-state index in [4.69, 9.17) is 0 Å². The van der Waals surface area contributed by atoms with Crippen molar-refractivity contribution in [2.24, 2.45) is 5.92 Å². The highest BCUT2D eigenvalue weighted by Gasteiger charge is 2.28. The molecule has 27 heavy (non-hydrogen) atoms. The predicted molar refractivity (Wildman–Crippen MR) is 109 cm³/mol. The molecule has 1 aliphatic carbocycles. The minimum absolute atomic E-state index is 0.0358. The molecule has 150 valence electrons. The molecule has 1 aliphatic heterocycles. The van der Waals surface area contributed by atoms with Crippen LogP contribution >= 0.6 is 0 Å². The summed E-state index contributed by atoms with van der Waals surface area (Å²) in [5.74, 6) is 0.566. The van der Waals surface area contributed by atoms with Crippen molar-refractivity contribution in [2.45, 2.75) is 64.8 Å². The molecule has 0 radical (unpaired) electrons. The monoisotopic (exact) mass is 373 g/mol. The number of piperidine rings is 1. The first-order valence-electron chi connectivity index (χ1n) is 10.6. The number of amides is 1. The van der Waals surface area contributed by atoms with Crippen LogP contribution in [0, 0.1) is 12.8 Å². The van der Waals surface area contributed by atoms with E-state index in [0.29, 0.717) is 11.5 Å². The molecule has 0 aromatic carbocycles. The Morgan fingerprint density at radius 1 is 1.11 bits per heavy atom. The number of rotatable bonds is 6. The van der Waals surface area contributed by atoms with Crippen LogP contribution in [-0.4, -0.2) is 54.0 Å². The lowest BCUT2D eigenvalue weighted by molar-refractivity contribution is 0.0720. The summed E-state index contributed by atoms with van der Waals surface area (Å²) in [4.78, 5) is 30.3. The van der Waals surface area contributed by atoms with Gasteiger partial charge in [0.1, 0.15) is 5.56 Å². The fraction of sp³-hybridized carbons (Fsp3) is 0.727. The van der Waals surface area contributed by atoms with Gasteiger partial charge in [0.15, 0.2) is 5.43 Å². The Kier molecular flexibility index (Phi) is 6.74. The zero-order valence-corrected chi connectivity index (χ0v) is 17.3. The van der Waals surface area contributed by atoms with Crippen LogP contribution in [0.1, 0.15) is 66.7 Å². The first-order chi connectivity index (χ1) is 13.0. The number of carbonyl (C=O) groups is 1. The minimum Gasteiger partial charge on any atom is -0.347 e. The van der Waals surface area contributed by atoms with Gasteiger partial charge in [0.05, 0.1) is 0 Å². The molecule has 1 amide bonds. The third-order valence-corrected chi connectivity index (χ3v) is 6.21. The lowest BCUT2D eigenvalue weighted by Gasteiger charge is -2.29. The molecule has 1 saturated heterocycles. The van der Waals surface area contributed by atoms with Crippen LogP contribution < -0.4 is 5.43 Å². The smallest absolute Gasteiger partial charge is 0.259 e. The summed E-state index contributed by atoms with van der Waals surface area (Å²) in [6, 6.07) is 1.67. The van der Waals surface area contributed by atoms with Gasteiger partial charge >= 0.3 is 0 Å². The largest absolute Gasteiger partial charge is 0.347 e. The molecule has 1 aromatic rings. The summed E-state index contributed by atoms with van der Waals surface area (Å²) >= 11 is 0. The summed E-state index contributed by atoms with van der Waals surface area (Å²) in [7, 11) is 4.13. The molecule has 3 rings (SSSR count). The third-order valence-electron chi connectivity index (χ3n) is 6.21. The lowest BCUT2D eigenvalue weighted by atomic mass is 9.96. The van der Waals surface area contributed by atoms with Crippen molar-refractivity contribution in [2.75, 3.05) is 33.7 Å². The maximum atomic E-state index is 13.3. The molecule has 0 bridgehead atoms. The Bertz CT molecular complexity index is 711. The quantitative estimate of drug-likeness (QED) is 0.770. The van der Waals surface area contributed by atoms with E-state index in [9.17, 15) is 9.59 Å². The molecule has 2 heterocycles. The minimum atomic E-state index is -0.0860. The zero-order chi connectivity index (χ0) is 19.4. The van der Waals surface area contributed by atoms with E-state index in [1.807, 2.05) is 11.8 Å². The van der Waals surface area contributed by atoms with Gasteiger partial charge in [-0.25, -0.2) is 0 Å². The van der Waals surface area contributed by atoms with E-state index < -0.39 is 0 Å². The molecule has 1 aromatic heterocycles. The number of aromatic nitrogens is 1. The molecule has 5 heteroatoms. The van der Waals surface area contributed by atoms with Crippen molar-refractivity contribution in [3.8, 4) is 0 Å². The number of pyridine rings is 1.